The second-order valence-corrected chi connectivity index (χ2v) is 3.21. The summed E-state index contributed by atoms with van der Waals surface area (Å²) in [6.45, 7) is 4.83. The second kappa shape index (κ2) is 2.23. The molecule has 58 valence electrons. The fraction of sp³-hybridized carbons (Fsp3) is 0.857. The third-order valence-electron chi connectivity index (χ3n) is 2.28. The van der Waals surface area contributed by atoms with E-state index >= 15 is 0 Å². The molecule has 1 saturated heterocycles. The van der Waals surface area contributed by atoms with Gasteiger partial charge in [0.25, 0.3) is 0 Å². The fourth-order valence-corrected chi connectivity index (χ4v) is 0.972. The van der Waals surface area contributed by atoms with Gasteiger partial charge in [0.05, 0.1) is 19.1 Å². The minimum Gasteiger partial charge on any atom is -0.481 e. The SMILES string of the molecule is CC(C(=O)O)C1(C)COC1. The number of hydrogen-bond donors (Lipinski definition) is 1. The van der Waals surface area contributed by atoms with Gasteiger partial charge in [-0.2, -0.15) is 0 Å². The van der Waals surface area contributed by atoms with Gasteiger partial charge < -0.3 is 9.84 Å². The maximum Gasteiger partial charge on any atom is 0.306 e. The summed E-state index contributed by atoms with van der Waals surface area (Å²) in [5, 5.41) is 8.63. The molecule has 1 fully saturated rings. The van der Waals surface area contributed by atoms with Gasteiger partial charge in [-0.15, -0.1) is 0 Å². The minimum absolute atomic E-state index is 0.119. The van der Waals surface area contributed by atoms with Crippen LogP contribution in [-0.2, 0) is 9.53 Å². The number of carbonyl (C=O) groups is 1. The van der Waals surface area contributed by atoms with Crippen LogP contribution in [0.2, 0.25) is 0 Å². The smallest absolute Gasteiger partial charge is 0.306 e. The van der Waals surface area contributed by atoms with E-state index in [1.54, 1.807) is 6.92 Å². The molecule has 0 aromatic rings. The summed E-state index contributed by atoms with van der Waals surface area (Å²) < 4.78 is 4.95. The highest BCUT2D eigenvalue weighted by Gasteiger charge is 2.42. The van der Waals surface area contributed by atoms with Crippen LogP contribution in [0.15, 0.2) is 0 Å². The van der Waals surface area contributed by atoms with Crippen LogP contribution in [0, 0.1) is 11.3 Å². The predicted molar refractivity (Wildman–Crippen MR) is 35.7 cm³/mol. The fourth-order valence-electron chi connectivity index (χ4n) is 0.972. The van der Waals surface area contributed by atoms with Gasteiger partial charge in [0.1, 0.15) is 0 Å². The van der Waals surface area contributed by atoms with Crippen molar-refractivity contribution in [2.75, 3.05) is 13.2 Å². The molecule has 1 atom stereocenters. The average molecular weight is 144 g/mol. The molecule has 3 nitrogen and oxygen atoms in total. The lowest BCUT2D eigenvalue weighted by Gasteiger charge is -2.40. The number of carboxylic acids is 1. The van der Waals surface area contributed by atoms with Gasteiger partial charge in [-0.1, -0.05) is 13.8 Å². The van der Waals surface area contributed by atoms with Crippen molar-refractivity contribution in [3.8, 4) is 0 Å². The monoisotopic (exact) mass is 144 g/mol. The van der Waals surface area contributed by atoms with Crippen LogP contribution in [0.1, 0.15) is 13.8 Å². The molecular formula is C7H12O3. The Morgan fingerprint density at radius 1 is 1.70 bits per heavy atom. The first-order chi connectivity index (χ1) is 4.56. The Morgan fingerprint density at radius 3 is 2.30 bits per heavy atom. The largest absolute Gasteiger partial charge is 0.481 e. The first-order valence-electron chi connectivity index (χ1n) is 3.37. The topological polar surface area (TPSA) is 46.5 Å². The molecule has 1 aliphatic heterocycles. The van der Waals surface area contributed by atoms with Crippen molar-refractivity contribution in [3.63, 3.8) is 0 Å². The summed E-state index contributed by atoms with van der Waals surface area (Å²) >= 11 is 0. The predicted octanol–water partition coefficient (Wildman–Crippen LogP) is 0.744. The lowest BCUT2D eigenvalue weighted by atomic mass is 9.76. The van der Waals surface area contributed by atoms with E-state index < -0.39 is 5.97 Å². The van der Waals surface area contributed by atoms with Gasteiger partial charge in [-0.25, -0.2) is 0 Å². The molecule has 0 aliphatic carbocycles. The van der Waals surface area contributed by atoms with E-state index in [0.29, 0.717) is 13.2 Å². The lowest BCUT2D eigenvalue weighted by molar-refractivity contribution is -0.168. The van der Waals surface area contributed by atoms with Crippen molar-refractivity contribution >= 4 is 5.97 Å². The normalized spacial score (nSPS) is 25.0. The second-order valence-electron chi connectivity index (χ2n) is 3.21. The molecule has 1 unspecified atom stereocenters. The molecule has 1 rings (SSSR count). The molecule has 0 radical (unpaired) electrons. The van der Waals surface area contributed by atoms with Crippen LogP contribution in [0.25, 0.3) is 0 Å². The van der Waals surface area contributed by atoms with Crippen LogP contribution in [-0.4, -0.2) is 24.3 Å². The number of ether oxygens (including phenoxy) is 1. The number of rotatable bonds is 2. The molecule has 1 N–H and O–H groups in total. The van der Waals surface area contributed by atoms with Crippen LogP contribution >= 0.6 is 0 Å². The van der Waals surface area contributed by atoms with E-state index in [2.05, 4.69) is 0 Å². The highest BCUT2D eigenvalue weighted by atomic mass is 16.5. The number of aliphatic carboxylic acids is 1. The van der Waals surface area contributed by atoms with Crippen LogP contribution < -0.4 is 0 Å². The third-order valence-corrected chi connectivity index (χ3v) is 2.28. The van der Waals surface area contributed by atoms with E-state index in [-0.39, 0.29) is 11.3 Å². The molecule has 0 bridgehead atoms. The Bertz CT molecular complexity index is 149. The molecule has 0 spiro atoms. The van der Waals surface area contributed by atoms with Gasteiger partial charge in [0.2, 0.25) is 0 Å². The van der Waals surface area contributed by atoms with Gasteiger partial charge in [-0.05, 0) is 0 Å². The molecule has 0 aromatic heterocycles. The third kappa shape index (κ3) is 1.01. The van der Waals surface area contributed by atoms with Gasteiger partial charge in [0.15, 0.2) is 0 Å². The maximum absolute atomic E-state index is 10.5. The van der Waals surface area contributed by atoms with Crippen molar-refractivity contribution in [1.29, 1.82) is 0 Å². The lowest BCUT2D eigenvalue weighted by Crippen LogP contribution is -2.47. The molecular weight excluding hydrogens is 132 g/mol. The summed E-state index contributed by atoms with van der Waals surface area (Å²) in [7, 11) is 0. The minimum atomic E-state index is -0.731. The van der Waals surface area contributed by atoms with Gasteiger partial charge in [0, 0.05) is 5.41 Å². The van der Waals surface area contributed by atoms with E-state index in [4.69, 9.17) is 9.84 Å². The summed E-state index contributed by atoms with van der Waals surface area (Å²) in [4.78, 5) is 10.5. The Kier molecular flexibility index (Phi) is 1.68. The van der Waals surface area contributed by atoms with Crippen molar-refractivity contribution < 1.29 is 14.6 Å². The Labute approximate surface area is 60.0 Å². The van der Waals surface area contributed by atoms with E-state index in [0.717, 1.165) is 0 Å². The summed E-state index contributed by atoms with van der Waals surface area (Å²) in [6.07, 6.45) is 0. The van der Waals surface area contributed by atoms with Crippen molar-refractivity contribution in [1.82, 2.24) is 0 Å². The van der Waals surface area contributed by atoms with Crippen LogP contribution in [0.4, 0.5) is 0 Å². The molecule has 1 aliphatic rings. The number of hydrogen-bond acceptors (Lipinski definition) is 2. The van der Waals surface area contributed by atoms with Gasteiger partial charge in [-0.3, -0.25) is 4.79 Å². The summed E-state index contributed by atoms with van der Waals surface area (Å²) in [5.74, 6) is -1.02. The zero-order valence-electron chi connectivity index (χ0n) is 6.26. The zero-order valence-corrected chi connectivity index (χ0v) is 6.26. The quantitative estimate of drug-likeness (QED) is 0.621. The highest BCUT2D eigenvalue weighted by molar-refractivity contribution is 5.70. The molecule has 1 heterocycles. The zero-order chi connectivity index (χ0) is 7.78. The Balaban J connectivity index is 2.54. The molecule has 10 heavy (non-hydrogen) atoms. The first-order valence-corrected chi connectivity index (χ1v) is 3.37. The van der Waals surface area contributed by atoms with E-state index in [1.165, 1.54) is 0 Å². The average Bonchev–Trinajstić information content (AvgIpc) is 1.81. The van der Waals surface area contributed by atoms with Gasteiger partial charge >= 0.3 is 5.97 Å². The Hall–Kier alpha value is -0.570. The highest BCUT2D eigenvalue weighted by Crippen LogP contribution is 2.34. The number of carboxylic acid groups (broad SMARTS) is 1. The first kappa shape index (κ1) is 7.54. The van der Waals surface area contributed by atoms with Crippen LogP contribution in [0.5, 0.6) is 0 Å². The van der Waals surface area contributed by atoms with Crippen LogP contribution in [0.3, 0.4) is 0 Å². The standard InChI is InChI=1S/C7H12O3/c1-5(6(8)9)7(2)3-10-4-7/h5H,3-4H2,1-2H3,(H,8,9). The van der Waals surface area contributed by atoms with Crippen molar-refractivity contribution in [3.05, 3.63) is 0 Å². The van der Waals surface area contributed by atoms with E-state index in [9.17, 15) is 4.79 Å². The molecule has 0 saturated carbocycles. The molecule has 0 amide bonds. The van der Waals surface area contributed by atoms with Crippen molar-refractivity contribution in [2.45, 2.75) is 13.8 Å². The Morgan fingerprint density at radius 2 is 2.20 bits per heavy atom. The van der Waals surface area contributed by atoms with Crippen molar-refractivity contribution in [2.24, 2.45) is 11.3 Å². The molecule has 0 aromatic carbocycles. The maximum atomic E-state index is 10.5. The molecule has 3 heteroatoms. The van der Waals surface area contributed by atoms with E-state index in [1.807, 2.05) is 6.92 Å². The summed E-state index contributed by atoms with van der Waals surface area (Å²) in [5.41, 5.74) is -0.119. The summed E-state index contributed by atoms with van der Waals surface area (Å²) in [6, 6.07) is 0.